The number of esters is 1. The highest BCUT2D eigenvalue weighted by Crippen LogP contribution is 2.28. The summed E-state index contributed by atoms with van der Waals surface area (Å²) in [6.07, 6.45) is -2.40. The smallest absolute Gasteiger partial charge is 0.310 e. The van der Waals surface area contributed by atoms with Crippen molar-refractivity contribution < 1.29 is 18.3 Å². The average Bonchev–Trinajstić information content (AvgIpc) is 2.37. The topological polar surface area (TPSA) is 50.1 Å². The molecule has 18 heavy (non-hydrogen) atoms. The molecule has 0 amide bonds. The molecule has 0 heterocycles. The number of benzene rings is 1. The summed E-state index contributed by atoms with van der Waals surface area (Å²) in [5.41, 5.74) is 0.725. The van der Waals surface area contributed by atoms with Gasteiger partial charge in [-0.2, -0.15) is 5.26 Å². The van der Waals surface area contributed by atoms with Crippen molar-refractivity contribution in [3.63, 3.8) is 0 Å². The van der Waals surface area contributed by atoms with Crippen molar-refractivity contribution in [2.75, 3.05) is 7.11 Å². The number of hydrogen-bond acceptors (Lipinski definition) is 3. The van der Waals surface area contributed by atoms with Gasteiger partial charge in [0.15, 0.2) is 0 Å². The van der Waals surface area contributed by atoms with Gasteiger partial charge in [-0.3, -0.25) is 4.79 Å². The van der Waals surface area contributed by atoms with Gasteiger partial charge in [-0.25, -0.2) is 8.78 Å². The molecule has 0 saturated heterocycles. The molecule has 1 rings (SSSR count). The molecular weight excluding hydrogens is 240 g/mol. The molecule has 0 saturated carbocycles. The average molecular weight is 253 g/mol. The molecule has 0 aliphatic heterocycles. The zero-order chi connectivity index (χ0) is 13.7. The van der Waals surface area contributed by atoms with Crippen LogP contribution >= 0.6 is 0 Å². The second-order valence-corrected chi connectivity index (χ2v) is 3.69. The fourth-order valence-corrected chi connectivity index (χ4v) is 1.81. The van der Waals surface area contributed by atoms with Crippen LogP contribution in [0.15, 0.2) is 12.1 Å². The second kappa shape index (κ2) is 6.10. The number of nitriles is 1. The van der Waals surface area contributed by atoms with Crippen LogP contribution in [0.1, 0.15) is 35.6 Å². The van der Waals surface area contributed by atoms with E-state index >= 15 is 0 Å². The Hall–Kier alpha value is -1.96. The summed E-state index contributed by atoms with van der Waals surface area (Å²) in [5, 5.41) is 9.08. The maximum Gasteiger partial charge on any atom is 0.310 e. The molecule has 0 radical (unpaired) electrons. The van der Waals surface area contributed by atoms with E-state index in [1.54, 1.807) is 6.92 Å². The van der Waals surface area contributed by atoms with Crippen molar-refractivity contribution in [3.05, 3.63) is 34.4 Å². The summed E-state index contributed by atoms with van der Waals surface area (Å²) < 4.78 is 30.1. The first kappa shape index (κ1) is 14.1. The van der Waals surface area contributed by atoms with Crippen LogP contribution in [-0.4, -0.2) is 13.1 Å². The molecular formula is C13H13F2NO2. The Labute approximate surface area is 104 Å². The van der Waals surface area contributed by atoms with Crippen LogP contribution in [0.5, 0.6) is 0 Å². The highest BCUT2D eigenvalue weighted by atomic mass is 19.3. The lowest BCUT2D eigenvalue weighted by molar-refractivity contribution is -0.139. The van der Waals surface area contributed by atoms with Crippen LogP contribution in [0.25, 0.3) is 0 Å². The molecule has 3 nitrogen and oxygen atoms in total. The Morgan fingerprint density at radius 2 is 2.17 bits per heavy atom. The maximum absolute atomic E-state index is 12.8. The summed E-state index contributed by atoms with van der Waals surface area (Å²) >= 11 is 0. The van der Waals surface area contributed by atoms with Crippen LogP contribution in [0, 0.1) is 11.3 Å². The highest BCUT2D eigenvalue weighted by Gasteiger charge is 2.19. The fraction of sp³-hybridized carbons (Fsp3) is 0.385. The van der Waals surface area contributed by atoms with E-state index in [-0.39, 0.29) is 17.5 Å². The van der Waals surface area contributed by atoms with Crippen molar-refractivity contribution in [1.29, 1.82) is 5.26 Å². The SMILES string of the molecule is CCc1c(C(F)F)ccc(CC(=O)OC)c1C#N. The van der Waals surface area contributed by atoms with Crippen LogP contribution in [0.3, 0.4) is 0 Å². The maximum atomic E-state index is 12.8. The number of carbonyl (C=O) groups is 1. The number of nitrogens with zero attached hydrogens (tertiary/aromatic N) is 1. The minimum absolute atomic E-state index is 0.0874. The van der Waals surface area contributed by atoms with Crippen molar-refractivity contribution in [2.24, 2.45) is 0 Å². The normalized spacial score (nSPS) is 10.2. The van der Waals surface area contributed by atoms with E-state index in [9.17, 15) is 13.6 Å². The molecule has 0 aliphatic rings. The molecule has 96 valence electrons. The van der Waals surface area contributed by atoms with E-state index in [1.807, 2.05) is 6.07 Å². The molecule has 0 aromatic heterocycles. The van der Waals surface area contributed by atoms with Gasteiger partial charge in [-0.1, -0.05) is 19.1 Å². The van der Waals surface area contributed by atoms with E-state index in [2.05, 4.69) is 4.74 Å². The third-order valence-electron chi connectivity index (χ3n) is 2.70. The number of halogens is 2. The number of methoxy groups -OCH3 is 1. The second-order valence-electron chi connectivity index (χ2n) is 3.69. The number of alkyl halides is 2. The van der Waals surface area contributed by atoms with E-state index < -0.39 is 12.4 Å². The van der Waals surface area contributed by atoms with Crippen LogP contribution in [0.4, 0.5) is 8.78 Å². The van der Waals surface area contributed by atoms with Crippen LogP contribution in [-0.2, 0) is 22.4 Å². The third kappa shape index (κ3) is 2.83. The quantitative estimate of drug-likeness (QED) is 0.775. The lowest BCUT2D eigenvalue weighted by atomic mass is 9.93. The van der Waals surface area contributed by atoms with Gasteiger partial charge in [0.25, 0.3) is 6.43 Å². The molecule has 0 spiro atoms. The molecule has 0 aliphatic carbocycles. The summed E-state index contributed by atoms with van der Waals surface area (Å²) in [6, 6.07) is 4.55. The van der Waals surface area contributed by atoms with Crippen molar-refractivity contribution in [2.45, 2.75) is 26.2 Å². The van der Waals surface area contributed by atoms with Gasteiger partial charge in [0.1, 0.15) is 0 Å². The van der Waals surface area contributed by atoms with Crippen LogP contribution in [0.2, 0.25) is 0 Å². The lowest BCUT2D eigenvalue weighted by Gasteiger charge is -2.12. The standard InChI is InChI=1S/C13H13F2NO2/c1-3-9-10(13(14)15)5-4-8(11(9)7-16)6-12(17)18-2/h4-5,13H,3,6H2,1-2H3. The van der Waals surface area contributed by atoms with Gasteiger partial charge < -0.3 is 4.74 Å². The molecule has 0 unspecified atom stereocenters. The molecule has 0 fully saturated rings. The molecule has 0 N–H and O–H groups in total. The van der Waals surface area contributed by atoms with Gasteiger partial charge in [0.2, 0.25) is 0 Å². The first-order chi connectivity index (χ1) is 8.54. The Bertz CT molecular complexity index is 492. The molecule has 5 heteroatoms. The first-order valence-corrected chi connectivity index (χ1v) is 5.44. The van der Waals surface area contributed by atoms with Crippen molar-refractivity contribution in [3.8, 4) is 6.07 Å². The molecule has 0 bridgehead atoms. The predicted molar refractivity (Wildman–Crippen MR) is 61.2 cm³/mol. The zero-order valence-corrected chi connectivity index (χ0v) is 10.2. The van der Waals surface area contributed by atoms with Gasteiger partial charge in [-0.05, 0) is 17.5 Å². The van der Waals surface area contributed by atoms with Gasteiger partial charge in [-0.15, -0.1) is 0 Å². The highest BCUT2D eigenvalue weighted by molar-refractivity contribution is 5.74. The Morgan fingerprint density at radius 1 is 1.50 bits per heavy atom. The van der Waals surface area contributed by atoms with E-state index in [1.165, 1.54) is 19.2 Å². The van der Waals surface area contributed by atoms with E-state index in [0.29, 0.717) is 17.5 Å². The minimum atomic E-state index is -2.63. The summed E-state index contributed by atoms with van der Waals surface area (Å²) in [6.45, 7) is 1.70. The number of carbonyl (C=O) groups excluding carboxylic acids is 1. The van der Waals surface area contributed by atoms with E-state index in [4.69, 9.17) is 5.26 Å². The summed E-state index contributed by atoms with van der Waals surface area (Å²) in [4.78, 5) is 11.2. The Balaban J connectivity index is 3.31. The number of hydrogen-bond donors (Lipinski definition) is 0. The van der Waals surface area contributed by atoms with Crippen molar-refractivity contribution >= 4 is 5.97 Å². The predicted octanol–water partition coefficient (Wildman–Crippen LogP) is 2.77. The largest absolute Gasteiger partial charge is 0.469 e. The summed E-state index contributed by atoms with van der Waals surface area (Å²) in [5.74, 6) is -0.502. The van der Waals surface area contributed by atoms with Gasteiger partial charge in [0, 0.05) is 5.56 Å². The molecule has 1 aromatic rings. The number of rotatable bonds is 4. The Kier molecular flexibility index (Phi) is 4.78. The van der Waals surface area contributed by atoms with Crippen molar-refractivity contribution in [1.82, 2.24) is 0 Å². The zero-order valence-electron chi connectivity index (χ0n) is 10.2. The van der Waals surface area contributed by atoms with Gasteiger partial charge >= 0.3 is 5.97 Å². The molecule has 1 aromatic carbocycles. The number of ether oxygens (including phenoxy) is 1. The summed E-state index contributed by atoms with van der Waals surface area (Å²) in [7, 11) is 1.24. The van der Waals surface area contributed by atoms with Gasteiger partial charge in [0.05, 0.1) is 25.2 Å². The first-order valence-electron chi connectivity index (χ1n) is 5.44. The minimum Gasteiger partial charge on any atom is -0.469 e. The monoisotopic (exact) mass is 253 g/mol. The van der Waals surface area contributed by atoms with Crippen LogP contribution < -0.4 is 0 Å². The fourth-order valence-electron chi connectivity index (χ4n) is 1.81. The lowest BCUT2D eigenvalue weighted by Crippen LogP contribution is -2.09. The third-order valence-corrected chi connectivity index (χ3v) is 2.70. The van der Waals surface area contributed by atoms with E-state index in [0.717, 1.165) is 0 Å². The Morgan fingerprint density at radius 3 is 2.61 bits per heavy atom. The molecule has 0 atom stereocenters.